The summed E-state index contributed by atoms with van der Waals surface area (Å²) in [5.74, 6) is 1.95. The van der Waals surface area contributed by atoms with Gasteiger partial charge in [0.2, 0.25) is 0 Å². The quantitative estimate of drug-likeness (QED) is 0.842. The van der Waals surface area contributed by atoms with Crippen LogP contribution in [0.25, 0.3) is 5.65 Å². The van der Waals surface area contributed by atoms with E-state index in [1.807, 2.05) is 10.6 Å². The molecular formula is C14H22N6. The average Bonchev–Trinajstić information content (AvgIpc) is 2.89. The summed E-state index contributed by atoms with van der Waals surface area (Å²) in [5.41, 5.74) is 0.826. The summed E-state index contributed by atoms with van der Waals surface area (Å²) in [7, 11) is 4.31. The number of hydrogen-bond acceptors (Lipinski definition) is 5. The van der Waals surface area contributed by atoms with Crippen molar-refractivity contribution in [3.05, 3.63) is 18.0 Å². The van der Waals surface area contributed by atoms with E-state index in [1.165, 1.54) is 12.8 Å². The van der Waals surface area contributed by atoms with E-state index in [2.05, 4.69) is 47.1 Å². The first-order chi connectivity index (χ1) is 9.69. The maximum absolute atomic E-state index is 4.72. The average molecular weight is 274 g/mol. The smallest absolute Gasteiger partial charge is 0.178 e. The summed E-state index contributed by atoms with van der Waals surface area (Å²) >= 11 is 0. The number of fused-ring (bicyclic) bond motifs is 1. The van der Waals surface area contributed by atoms with E-state index in [9.17, 15) is 0 Å². The Morgan fingerprint density at radius 1 is 1.30 bits per heavy atom. The number of anilines is 1. The van der Waals surface area contributed by atoms with E-state index < -0.39 is 0 Å². The minimum absolute atomic E-state index is 0.604. The molecule has 1 unspecified atom stereocenters. The minimum atomic E-state index is 0.604. The molecule has 2 aromatic heterocycles. The first-order valence-electron chi connectivity index (χ1n) is 7.31. The lowest BCUT2D eigenvalue weighted by atomic mass is 10.1. The molecule has 0 aliphatic carbocycles. The SMILES string of the molecule is CCc1nnc2ccc(N3CCCC(N(C)C)C3)nn12. The topological polar surface area (TPSA) is 49.6 Å². The van der Waals surface area contributed by atoms with Crippen molar-refractivity contribution in [3.8, 4) is 0 Å². The van der Waals surface area contributed by atoms with Gasteiger partial charge in [-0.05, 0) is 39.1 Å². The third-order valence-corrected chi connectivity index (χ3v) is 4.08. The fourth-order valence-corrected chi connectivity index (χ4v) is 2.80. The predicted molar refractivity (Wildman–Crippen MR) is 79.1 cm³/mol. The van der Waals surface area contributed by atoms with Crippen LogP contribution in [0.5, 0.6) is 0 Å². The van der Waals surface area contributed by atoms with Crippen LogP contribution in [0, 0.1) is 0 Å². The highest BCUT2D eigenvalue weighted by Crippen LogP contribution is 2.20. The second-order valence-corrected chi connectivity index (χ2v) is 5.64. The lowest BCUT2D eigenvalue weighted by Gasteiger charge is -2.36. The van der Waals surface area contributed by atoms with Crippen molar-refractivity contribution in [3.63, 3.8) is 0 Å². The van der Waals surface area contributed by atoms with Gasteiger partial charge in [0.25, 0.3) is 0 Å². The molecule has 1 aliphatic heterocycles. The van der Waals surface area contributed by atoms with Gasteiger partial charge in [0.1, 0.15) is 5.82 Å². The molecule has 20 heavy (non-hydrogen) atoms. The molecule has 3 rings (SSSR count). The lowest BCUT2D eigenvalue weighted by Crippen LogP contribution is -2.45. The van der Waals surface area contributed by atoms with Crippen molar-refractivity contribution in [1.29, 1.82) is 0 Å². The Morgan fingerprint density at radius 2 is 2.15 bits per heavy atom. The van der Waals surface area contributed by atoms with E-state index in [0.717, 1.165) is 36.8 Å². The molecule has 6 nitrogen and oxygen atoms in total. The standard InChI is InChI=1S/C14H22N6/c1-4-12-15-16-13-7-8-14(17-20(12)13)19-9-5-6-11(10-19)18(2)3/h7-8,11H,4-6,9-10H2,1-3H3. The Balaban J connectivity index is 1.89. The molecule has 1 saturated heterocycles. The van der Waals surface area contributed by atoms with Gasteiger partial charge in [-0.3, -0.25) is 0 Å². The van der Waals surface area contributed by atoms with E-state index >= 15 is 0 Å². The van der Waals surface area contributed by atoms with Gasteiger partial charge in [0, 0.05) is 25.6 Å². The summed E-state index contributed by atoms with van der Waals surface area (Å²) < 4.78 is 1.87. The molecule has 0 bridgehead atoms. The third-order valence-electron chi connectivity index (χ3n) is 4.08. The molecule has 6 heteroatoms. The minimum Gasteiger partial charge on any atom is -0.354 e. The monoisotopic (exact) mass is 274 g/mol. The van der Waals surface area contributed by atoms with Crippen LogP contribution in [-0.2, 0) is 6.42 Å². The Bertz CT molecular complexity index is 590. The van der Waals surface area contributed by atoms with Crippen LogP contribution in [-0.4, -0.2) is 57.9 Å². The van der Waals surface area contributed by atoms with Gasteiger partial charge in [0.05, 0.1) is 0 Å². The van der Waals surface area contributed by atoms with Crippen LogP contribution in [0.1, 0.15) is 25.6 Å². The third kappa shape index (κ3) is 2.35. The van der Waals surface area contributed by atoms with E-state index in [0.29, 0.717) is 6.04 Å². The van der Waals surface area contributed by atoms with Gasteiger partial charge >= 0.3 is 0 Å². The zero-order valence-corrected chi connectivity index (χ0v) is 12.5. The molecule has 108 valence electrons. The van der Waals surface area contributed by atoms with E-state index in [-0.39, 0.29) is 0 Å². The molecular weight excluding hydrogens is 252 g/mol. The molecule has 1 fully saturated rings. The normalized spacial score (nSPS) is 20.0. The first kappa shape index (κ1) is 13.3. The van der Waals surface area contributed by atoms with Gasteiger partial charge in [0.15, 0.2) is 11.5 Å². The van der Waals surface area contributed by atoms with Crippen molar-refractivity contribution in [1.82, 2.24) is 24.7 Å². The van der Waals surface area contributed by atoms with Crippen molar-refractivity contribution in [2.75, 3.05) is 32.1 Å². The maximum Gasteiger partial charge on any atom is 0.178 e. The first-order valence-corrected chi connectivity index (χ1v) is 7.31. The van der Waals surface area contributed by atoms with Crippen LogP contribution in [0.3, 0.4) is 0 Å². The van der Waals surface area contributed by atoms with Crippen molar-refractivity contribution >= 4 is 11.5 Å². The van der Waals surface area contributed by atoms with Crippen LogP contribution < -0.4 is 4.90 Å². The molecule has 0 spiro atoms. The van der Waals surface area contributed by atoms with Crippen LogP contribution in [0.4, 0.5) is 5.82 Å². The Kier molecular flexibility index (Phi) is 3.56. The Hall–Kier alpha value is -1.69. The highest BCUT2D eigenvalue weighted by Gasteiger charge is 2.22. The number of hydrogen-bond donors (Lipinski definition) is 0. The molecule has 1 aliphatic rings. The Labute approximate surface area is 119 Å². The summed E-state index contributed by atoms with van der Waals surface area (Å²) in [5, 5.41) is 13.0. The predicted octanol–water partition coefficient (Wildman–Crippen LogP) is 1.22. The van der Waals surface area contributed by atoms with Crippen LogP contribution in [0.15, 0.2) is 12.1 Å². The lowest BCUT2D eigenvalue weighted by molar-refractivity contribution is 0.257. The fourth-order valence-electron chi connectivity index (χ4n) is 2.80. The number of nitrogens with zero attached hydrogens (tertiary/aromatic N) is 6. The maximum atomic E-state index is 4.72. The van der Waals surface area contributed by atoms with Gasteiger partial charge in [-0.1, -0.05) is 6.92 Å². The van der Waals surface area contributed by atoms with Gasteiger partial charge in [-0.2, -0.15) is 4.52 Å². The summed E-state index contributed by atoms with van der Waals surface area (Å²) in [4.78, 5) is 4.67. The summed E-state index contributed by atoms with van der Waals surface area (Å²) in [6.45, 7) is 4.19. The van der Waals surface area contributed by atoms with Crippen molar-refractivity contribution in [2.45, 2.75) is 32.2 Å². The number of rotatable bonds is 3. The highest BCUT2D eigenvalue weighted by atomic mass is 15.4. The number of aryl methyl sites for hydroxylation is 1. The number of aromatic nitrogens is 4. The molecule has 1 atom stereocenters. The molecule has 0 amide bonds. The van der Waals surface area contributed by atoms with Crippen molar-refractivity contribution < 1.29 is 0 Å². The second-order valence-electron chi connectivity index (χ2n) is 5.64. The summed E-state index contributed by atoms with van der Waals surface area (Å²) in [6, 6.07) is 4.67. The van der Waals surface area contributed by atoms with Gasteiger partial charge in [-0.15, -0.1) is 15.3 Å². The second kappa shape index (κ2) is 5.36. The van der Waals surface area contributed by atoms with E-state index in [1.54, 1.807) is 0 Å². The van der Waals surface area contributed by atoms with E-state index in [4.69, 9.17) is 5.10 Å². The fraction of sp³-hybridized carbons (Fsp3) is 0.643. The molecule has 2 aromatic rings. The highest BCUT2D eigenvalue weighted by molar-refractivity contribution is 5.46. The summed E-state index contributed by atoms with van der Waals surface area (Å²) in [6.07, 6.45) is 3.32. The van der Waals surface area contributed by atoms with Crippen LogP contribution >= 0.6 is 0 Å². The van der Waals surface area contributed by atoms with Gasteiger partial charge in [-0.25, -0.2) is 0 Å². The van der Waals surface area contributed by atoms with Crippen molar-refractivity contribution in [2.24, 2.45) is 0 Å². The Morgan fingerprint density at radius 3 is 2.90 bits per heavy atom. The zero-order valence-electron chi connectivity index (χ0n) is 12.5. The van der Waals surface area contributed by atoms with Gasteiger partial charge < -0.3 is 9.80 Å². The largest absolute Gasteiger partial charge is 0.354 e. The van der Waals surface area contributed by atoms with Crippen LogP contribution in [0.2, 0.25) is 0 Å². The molecule has 0 N–H and O–H groups in total. The molecule has 0 saturated carbocycles. The molecule has 3 heterocycles. The molecule has 0 aromatic carbocycles. The zero-order chi connectivity index (χ0) is 14.1. The molecule has 0 radical (unpaired) electrons. The number of likely N-dealkylation sites (N-methyl/N-ethyl adjacent to an activating group) is 1. The number of piperidine rings is 1.